The van der Waals surface area contributed by atoms with Crippen LogP contribution in [0.4, 0.5) is 5.69 Å². The van der Waals surface area contributed by atoms with Crippen molar-refractivity contribution in [2.45, 2.75) is 26.3 Å². The van der Waals surface area contributed by atoms with Gasteiger partial charge in [-0.2, -0.15) is 0 Å². The number of esters is 1. The Hall–Kier alpha value is -1.82. The molecule has 1 aliphatic rings. The molecule has 1 heterocycles. The fourth-order valence-electron chi connectivity index (χ4n) is 2.53. The number of ether oxygens (including phenoxy) is 1. The second-order valence-corrected chi connectivity index (χ2v) is 6.48. The fourth-order valence-corrected chi connectivity index (χ4v) is 3.16. The van der Waals surface area contributed by atoms with Crippen molar-refractivity contribution in [1.82, 2.24) is 0 Å². The third-order valence-corrected chi connectivity index (χ3v) is 4.72. The predicted molar refractivity (Wildman–Crippen MR) is 85.7 cm³/mol. The summed E-state index contributed by atoms with van der Waals surface area (Å²) in [7, 11) is 1.32. The molecule has 0 aromatic heterocycles. The minimum atomic E-state index is -0.625. The maximum atomic E-state index is 12.7. The zero-order chi connectivity index (χ0) is 16.3. The SMILES string of the molecule is COC(=O)C1Cc2ccccc2N1C(=O)C(C)CSC(C)=O. The van der Waals surface area contributed by atoms with E-state index in [1.54, 1.807) is 6.92 Å². The van der Waals surface area contributed by atoms with Crippen molar-refractivity contribution in [1.29, 1.82) is 0 Å². The summed E-state index contributed by atoms with van der Waals surface area (Å²) in [6, 6.07) is 6.85. The van der Waals surface area contributed by atoms with Gasteiger partial charge in [-0.25, -0.2) is 4.79 Å². The first-order valence-corrected chi connectivity index (χ1v) is 8.06. The van der Waals surface area contributed by atoms with Crippen molar-refractivity contribution < 1.29 is 19.1 Å². The van der Waals surface area contributed by atoms with Crippen LogP contribution in [0.3, 0.4) is 0 Å². The van der Waals surface area contributed by atoms with Crippen LogP contribution in [0, 0.1) is 5.92 Å². The van der Waals surface area contributed by atoms with Gasteiger partial charge in [0.15, 0.2) is 5.12 Å². The van der Waals surface area contributed by atoms with E-state index in [0.717, 1.165) is 23.0 Å². The number of fused-ring (bicyclic) bond motifs is 1. The van der Waals surface area contributed by atoms with Crippen molar-refractivity contribution >= 4 is 34.4 Å². The fraction of sp³-hybridized carbons (Fsp3) is 0.438. The largest absolute Gasteiger partial charge is 0.467 e. The van der Waals surface area contributed by atoms with Gasteiger partial charge >= 0.3 is 5.97 Å². The first-order chi connectivity index (χ1) is 10.5. The van der Waals surface area contributed by atoms with E-state index in [9.17, 15) is 14.4 Å². The van der Waals surface area contributed by atoms with E-state index in [1.165, 1.54) is 18.9 Å². The third-order valence-electron chi connectivity index (χ3n) is 3.64. The highest BCUT2D eigenvalue weighted by atomic mass is 32.2. The zero-order valence-corrected chi connectivity index (χ0v) is 13.7. The molecule has 5 nitrogen and oxygen atoms in total. The Bertz CT molecular complexity index is 602. The van der Waals surface area contributed by atoms with Crippen LogP contribution in [0.15, 0.2) is 24.3 Å². The Kier molecular flexibility index (Phi) is 5.24. The van der Waals surface area contributed by atoms with Crippen molar-refractivity contribution in [2.75, 3.05) is 17.8 Å². The number of rotatable bonds is 4. The second kappa shape index (κ2) is 6.96. The van der Waals surface area contributed by atoms with Crippen LogP contribution in [0.1, 0.15) is 19.4 Å². The van der Waals surface area contributed by atoms with Gasteiger partial charge in [-0.05, 0) is 11.6 Å². The van der Waals surface area contributed by atoms with Gasteiger partial charge in [0.2, 0.25) is 5.91 Å². The van der Waals surface area contributed by atoms with E-state index < -0.39 is 12.0 Å². The van der Waals surface area contributed by atoms with Crippen molar-refractivity contribution in [3.63, 3.8) is 0 Å². The molecule has 6 heteroatoms. The van der Waals surface area contributed by atoms with E-state index in [0.29, 0.717) is 12.2 Å². The van der Waals surface area contributed by atoms with Gasteiger partial charge in [-0.15, -0.1) is 0 Å². The van der Waals surface area contributed by atoms with Gasteiger partial charge in [-0.3, -0.25) is 14.5 Å². The molecule has 0 aliphatic carbocycles. The molecule has 0 fully saturated rings. The van der Waals surface area contributed by atoms with Crippen LogP contribution in [-0.2, 0) is 25.5 Å². The minimum absolute atomic E-state index is 0.0222. The van der Waals surface area contributed by atoms with Crippen molar-refractivity contribution in [3.05, 3.63) is 29.8 Å². The Labute approximate surface area is 134 Å². The molecule has 1 aromatic rings. The van der Waals surface area contributed by atoms with Gasteiger partial charge in [0, 0.05) is 30.7 Å². The summed E-state index contributed by atoms with van der Waals surface area (Å²) in [6.07, 6.45) is 0.459. The number of carbonyl (C=O) groups excluding carboxylic acids is 3. The van der Waals surface area contributed by atoms with Crippen LogP contribution in [0.2, 0.25) is 0 Å². The molecule has 1 aromatic carbocycles. The van der Waals surface area contributed by atoms with E-state index in [-0.39, 0.29) is 16.9 Å². The number of hydrogen-bond donors (Lipinski definition) is 0. The van der Waals surface area contributed by atoms with Crippen LogP contribution >= 0.6 is 11.8 Å². The predicted octanol–water partition coefficient (Wildman–Crippen LogP) is 2.03. The first-order valence-electron chi connectivity index (χ1n) is 7.08. The first kappa shape index (κ1) is 16.5. The lowest BCUT2D eigenvalue weighted by Gasteiger charge is -2.26. The Balaban J connectivity index is 2.25. The smallest absolute Gasteiger partial charge is 0.329 e. The molecule has 0 radical (unpaired) electrons. The summed E-state index contributed by atoms with van der Waals surface area (Å²) in [5.74, 6) is -0.530. The molecular formula is C16H19NO4S. The highest BCUT2D eigenvalue weighted by Crippen LogP contribution is 2.34. The van der Waals surface area contributed by atoms with Crippen molar-refractivity contribution in [3.8, 4) is 0 Å². The van der Waals surface area contributed by atoms with Crippen LogP contribution in [-0.4, -0.2) is 35.9 Å². The molecule has 1 aliphatic heterocycles. The van der Waals surface area contributed by atoms with E-state index >= 15 is 0 Å². The molecular weight excluding hydrogens is 302 g/mol. The van der Waals surface area contributed by atoms with Gasteiger partial charge in [0.05, 0.1) is 7.11 Å². The van der Waals surface area contributed by atoms with Crippen molar-refractivity contribution in [2.24, 2.45) is 5.92 Å². The van der Waals surface area contributed by atoms with Gasteiger partial charge in [0.25, 0.3) is 0 Å². The Morgan fingerprint density at radius 2 is 2.05 bits per heavy atom. The molecule has 0 saturated heterocycles. The molecule has 22 heavy (non-hydrogen) atoms. The molecule has 2 unspecified atom stereocenters. The zero-order valence-electron chi connectivity index (χ0n) is 12.9. The highest BCUT2D eigenvalue weighted by molar-refractivity contribution is 8.13. The van der Waals surface area contributed by atoms with Gasteiger partial charge < -0.3 is 4.74 Å². The third kappa shape index (κ3) is 3.32. The van der Waals surface area contributed by atoms with Gasteiger partial charge in [-0.1, -0.05) is 36.9 Å². The summed E-state index contributed by atoms with van der Waals surface area (Å²) < 4.78 is 4.83. The number of anilines is 1. The molecule has 0 N–H and O–H groups in total. The summed E-state index contributed by atoms with van der Waals surface area (Å²) >= 11 is 1.12. The molecule has 2 rings (SSSR count). The normalized spacial score (nSPS) is 17.8. The van der Waals surface area contributed by atoms with Crippen LogP contribution < -0.4 is 4.90 Å². The molecule has 118 valence electrons. The maximum absolute atomic E-state index is 12.7. The summed E-state index contributed by atoms with van der Waals surface area (Å²) in [5, 5.41) is -0.0222. The average molecular weight is 321 g/mol. The van der Waals surface area contributed by atoms with E-state index in [4.69, 9.17) is 4.74 Å². The average Bonchev–Trinajstić information content (AvgIpc) is 2.90. The maximum Gasteiger partial charge on any atom is 0.329 e. The summed E-state index contributed by atoms with van der Waals surface area (Å²) in [6.45, 7) is 3.25. The monoisotopic (exact) mass is 321 g/mol. The number of methoxy groups -OCH3 is 1. The highest BCUT2D eigenvalue weighted by Gasteiger charge is 2.40. The van der Waals surface area contributed by atoms with E-state index in [2.05, 4.69) is 0 Å². The molecule has 2 atom stereocenters. The number of para-hydroxylation sites is 1. The lowest BCUT2D eigenvalue weighted by atomic mass is 10.1. The number of thioether (sulfide) groups is 1. The number of benzene rings is 1. The lowest BCUT2D eigenvalue weighted by Crippen LogP contribution is -2.46. The summed E-state index contributed by atoms with van der Waals surface area (Å²) in [4.78, 5) is 37.3. The minimum Gasteiger partial charge on any atom is -0.467 e. The van der Waals surface area contributed by atoms with Crippen LogP contribution in [0.5, 0.6) is 0 Å². The number of hydrogen-bond acceptors (Lipinski definition) is 5. The molecule has 1 amide bonds. The Morgan fingerprint density at radius 1 is 1.36 bits per heavy atom. The summed E-state index contributed by atoms with van der Waals surface area (Å²) in [5.41, 5.74) is 1.71. The second-order valence-electron chi connectivity index (χ2n) is 5.28. The topological polar surface area (TPSA) is 63.7 Å². The quantitative estimate of drug-likeness (QED) is 0.794. The molecule has 0 spiro atoms. The number of carbonyl (C=O) groups is 3. The number of amides is 1. The standard InChI is InChI=1S/C16H19NO4S/c1-10(9-22-11(2)18)15(19)17-13-7-5-4-6-12(13)8-14(17)16(20)21-3/h4-7,10,14H,8-9H2,1-3H3. The van der Waals surface area contributed by atoms with Gasteiger partial charge in [0.1, 0.15) is 6.04 Å². The lowest BCUT2D eigenvalue weighted by molar-refractivity contribution is -0.143. The number of nitrogens with zero attached hydrogens (tertiary/aromatic N) is 1. The molecule has 0 saturated carbocycles. The van der Waals surface area contributed by atoms with Crippen LogP contribution in [0.25, 0.3) is 0 Å². The molecule has 0 bridgehead atoms. The van der Waals surface area contributed by atoms with E-state index in [1.807, 2.05) is 24.3 Å². The Morgan fingerprint density at radius 3 is 2.68 bits per heavy atom.